The molecule has 0 spiro atoms. The van der Waals surface area contributed by atoms with Gasteiger partial charge in [0.2, 0.25) is 0 Å². The Labute approximate surface area is 86.3 Å². The summed E-state index contributed by atoms with van der Waals surface area (Å²) in [6.07, 6.45) is 1.39. The minimum Gasteiger partial charge on any atom is -0.465 e. The van der Waals surface area contributed by atoms with Gasteiger partial charge in [0.05, 0.1) is 12.7 Å². The summed E-state index contributed by atoms with van der Waals surface area (Å²) in [4.78, 5) is 25.0. The van der Waals surface area contributed by atoms with E-state index in [0.717, 1.165) is 0 Å². The molecule has 5 nitrogen and oxygen atoms in total. The molecule has 0 amide bonds. The van der Waals surface area contributed by atoms with E-state index in [4.69, 9.17) is 10.00 Å². The molecule has 1 atom stereocenters. The predicted molar refractivity (Wildman–Crippen MR) is 52.0 cm³/mol. The molecule has 0 radical (unpaired) electrons. The van der Waals surface area contributed by atoms with Crippen LogP contribution in [0.2, 0.25) is 0 Å². The highest BCUT2D eigenvalue weighted by atomic mass is 16.5. The van der Waals surface area contributed by atoms with Gasteiger partial charge >= 0.3 is 5.97 Å². The molecule has 0 aliphatic rings. The van der Waals surface area contributed by atoms with Crippen LogP contribution in [0.15, 0.2) is 23.1 Å². The SMILES string of the molecule is CCOC(=O)C(C#N)c1cc(=O)cc[nH]1. The van der Waals surface area contributed by atoms with Crippen molar-refractivity contribution in [2.75, 3.05) is 6.61 Å². The number of aromatic nitrogens is 1. The van der Waals surface area contributed by atoms with Crippen molar-refractivity contribution in [3.8, 4) is 6.07 Å². The van der Waals surface area contributed by atoms with Crippen LogP contribution in [0.4, 0.5) is 0 Å². The number of nitrogens with zero attached hydrogens (tertiary/aromatic N) is 1. The summed E-state index contributed by atoms with van der Waals surface area (Å²) >= 11 is 0. The Balaban J connectivity index is 2.99. The summed E-state index contributed by atoms with van der Waals surface area (Å²) in [5, 5.41) is 8.79. The predicted octanol–water partition coefficient (Wildman–Crippen LogP) is 0.545. The quantitative estimate of drug-likeness (QED) is 0.732. The second-order valence-corrected chi connectivity index (χ2v) is 2.79. The number of aromatic amines is 1. The van der Waals surface area contributed by atoms with Gasteiger partial charge in [-0.05, 0) is 6.92 Å². The normalized spacial score (nSPS) is 11.5. The van der Waals surface area contributed by atoms with E-state index in [9.17, 15) is 9.59 Å². The molecule has 78 valence electrons. The van der Waals surface area contributed by atoms with E-state index < -0.39 is 11.9 Å². The number of H-pyrrole nitrogens is 1. The van der Waals surface area contributed by atoms with Crippen molar-refractivity contribution in [2.45, 2.75) is 12.8 Å². The minimum atomic E-state index is -1.07. The summed E-state index contributed by atoms with van der Waals surface area (Å²) in [5.74, 6) is -1.72. The second kappa shape index (κ2) is 4.96. The fraction of sp³-hybridized carbons (Fsp3) is 0.300. The lowest BCUT2D eigenvalue weighted by Crippen LogP contribution is -2.17. The zero-order valence-electron chi connectivity index (χ0n) is 8.19. The van der Waals surface area contributed by atoms with Crippen molar-refractivity contribution < 1.29 is 9.53 Å². The lowest BCUT2D eigenvalue weighted by atomic mass is 10.1. The van der Waals surface area contributed by atoms with Gasteiger partial charge in [-0.2, -0.15) is 5.26 Å². The number of hydrogen-bond acceptors (Lipinski definition) is 4. The monoisotopic (exact) mass is 206 g/mol. The molecule has 1 rings (SSSR count). The van der Waals surface area contributed by atoms with Crippen LogP contribution in [0.5, 0.6) is 0 Å². The maximum Gasteiger partial charge on any atom is 0.329 e. The number of nitrogens with one attached hydrogen (secondary N) is 1. The first-order chi connectivity index (χ1) is 7.19. The van der Waals surface area contributed by atoms with Gasteiger partial charge < -0.3 is 9.72 Å². The van der Waals surface area contributed by atoms with Crippen LogP contribution in [-0.4, -0.2) is 17.6 Å². The Morgan fingerprint density at radius 1 is 1.73 bits per heavy atom. The van der Waals surface area contributed by atoms with Gasteiger partial charge in [0.1, 0.15) is 0 Å². The summed E-state index contributed by atoms with van der Waals surface area (Å²) in [5.41, 5.74) is -0.00301. The van der Waals surface area contributed by atoms with Crippen molar-refractivity contribution in [3.63, 3.8) is 0 Å². The van der Waals surface area contributed by atoms with E-state index in [1.807, 2.05) is 0 Å². The first-order valence-corrected chi connectivity index (χ1v) is 4.44. The molecular weight excluding hydrogens is 196 g/mol. The molecule has 0 aromatic carbocycles. The number of nitriles is 1. The minimum absolute atomic E-state index is 0.202. The van der Waals surface area contributed by atoms with E-state index in [2.05, 4.69) is 4.98 Å². The number of pyridine rings is 1. The van der Waals surface area contributed by atoms with Crippen molar-refractivity contribution >= 4 is 5.97 Å². The maximum atomic E-state index is 11.3. The lowest BCUT2D eigenvalue weighted by Gasteiger charge is -2.07. The molecule has 0 aliphatic heterocycles. The first kappa shape index (κ1) is 11.0. The molecular formula is C10H10N2O3. The average molecular weight is 206 g/mol. The van der Waals surface area contributed by atoms with E-state index in [1.165, 1.54) is 18.3 Å². The fourth-order valence-corrected chi connectivity index (χ4v) is 1.10. The number of esters is 1. The van der Waals surface area contributed by atoms with Crippen LogP contribution < -0.4 is 5.43 Å². The highest BCUT2D eigenvalue weighted by Gasteiger charge is 2.22. The molecule has 0 bridgehead atoms. The third-order valence-corrected chi connectivity index (χ3v) is 1.76. The van der Waals surface area contributed by atoms with Crippen molar-refractivity contribution in [3.05, 3.63) is 34.2 Å². The highest BCUT2D eigenvalue weighted by Crippen LogP contribution is 2.11. The van der Waals surface area contributed by atoms with Crippen molar-refractivity contribution in [2.24, 2.45) is 0 Å². The van der Waals surface area contributed by atoms with Gasteiger partial charge in [-0.25, -0.2) is 0 Å². The smallest absolute Gasteiger partial charge is 0.329 e. The average Bonchev–Trinajstić information content (AvgIpc) is 2.19. The first-order valence-electron chi connectivity index (χ1n) is 4.44. The Hall–Kier alpha value is -2.09. The molecule has 1 aromatic rings. The van der Waals surface area contributed by atoms with E-state index in [0.29, 0.717) is 0 Å². The number of hydrogen-bond donors (Lipinski definition) is 1. The molecule has 1 unspecified atom stereocenters. The van der Waals surface area contributed by atoms with Gasteiger partial charge in [0, 0.05) is 24.0 Å². The molecule has 15 heavy (non-hydrogen) atoms. The Kier molecular flexibility index (Phi) is 3.63. The van der Waals surface area contributed by atoms with Crippen LogP contribution >= 0.6 is 0 Å². The van der Waals surface area contributed by atoms with Crippen LogP contribution in [0.1, 0.15) is 18.5 Å². The van der Waals surface area contributed by atoms with E-state index >= 15 is 0 Å². The van der Waals surface area contributed by atoms with Crippen LogP contribution in [-0.2, 0) is 9.53 Å². The second-order valence-electron chi connectivity index (χ2n) is 2.79. The Morgan fingerprint density at radius 2 is 2.47 bits per heavy atom. The zero-order valence-corrected chi connectivity index (χ0v) is 8.19. The van der Waals surface area contributed by atoms with Crippen LogP contribution in [0.25, 0.3) is 0 Å². The van der Waals surface area contributed by atoms with E-state index in [-0.39, 0.29) is 17.7 Å². The third kappa shape index (κ3) is 2.68. The van der Waals surface area contributed by atoms with Gasteiger partial charge in [0.15, 0.2) is 11.3 Å². The molecule has 0 fully saturated rings. The molecule has 1 heterocycles. The molecule has 1 N–H and O–H groups in total. The maximum absolute atomic E-state index is 11.3. The molecule has 5 heteroatoms. The van der Waals surface area contributed by atoms with Gasteiger partial charge in [0.25, 0.3) is 0 Å². The fourth-order valence-electron chi connectivity index (χ4n) is 1.10. The number of ether oxygens (including phenoxy) is 1. The summed E-state index contributed by atoms with van der Waals surface area (Å²) < 4.78 is 4.71. The standard InChI is InChI=1S/C10H10N2O3/c1-2-15-10(14)8(6-11)9-5-7(13)3-4-12-9/h3-5,8H,2H2,1H3,(H,12,13). The Morgan fingerprint density at radius 3 is 3.00 bits per heavy atom. The van der Waals surface area contributed by atoms with Crippen molar-refractivity contribution in [1.29, 1.82) is 5.26 Å². The number of carbonyl (C=O) groups is 1. The molecule has 0 saturated heterocycles. The van der Waals surface area contributed by atoms with Gasteiger partial charge in [-0.1, -0.05) is 0 Å². The summed E-state index contributed by atoms with van der Waals surface area (Å²) in [6, 6.07) is 4.31. The lowest BCUT2D eigenvalue weighted by molar-refractivity contribution is -0.143. The van der Waals surface area contributed by atoms with Gasteiger partial charge in [-0.15, -0.1) is 0 Å². The molecule has 0 saturated carbocycles. The highest BCUT2D eigenvalue weighted by molar-refractivity contribution is 5.80. The van der Waals surface area contributed by atoms with Crippen molar-refractivity contribution in [1.82, 2.24) is 4.98 Å². The van der Waals surface area contributed by atoms with Gasteiger partial charge in [-0.3, -0.25) is 9.59 Å². The van der Waals surface area contributed by atoms with E-state index in [1.54, 1.807) is 13.0 Å². The Bertz CT molecular complexity index is 444. The third-order valence-electron chi connectivity index (χ3n) is 1.76. The summed E-state index contributed by atoms with van der Waals surface area (Å²) in [6.45, 7) is 1.86. The molecule has 1 aromatic heterocycles. The van der Waals surface area contributed by atoms with Crippen LogP contribution in [0, 0.1) is 11.3 Å². The number of carbonyl (C=O) groups excluding carboxylic acids is 1. The topological polar surface area (TPSA) is 82.9 Å². The number of rotatable bonds is 3. The molecule has 0 aliphatic carbocycles. The largest absolute Gasteiger partial charge is 0.465 e. The van der Waals surface area contributed by atoms with Crippen LogP contribution in [0.3, 0.4) is 0 Å². The zero-order chi connectivity index (χ0) is 11.3. The summed E-state index contributed by atoms with van der Waals surface area (Å²) in [7, 11) is 0.